The van der Waals surface area contributed by atoms with Crippen molar-refractivity contribution in [1.82, 2.24) is 15.3 Å². The Morgan fingerprint density at radius 2 is 1.78 bits per heavy atom. The SMILES string of the molecule is [N-]=[N+]=Nc1ccc(CNc2nc(N)c(C(=O)NC(N)=NCCCCc3ccc(I)cc3)nc2Cl)cc1. The number of aryl methyl sites for hydroxylation is 1. The molecule has 186 valence electrons. The molecule has 0 fully saturated rings. The number of guanidine groups is 1. The van der Waals surface area contributed by atoms with E-state index < -0.39 is 5.91 Å². The lowest BCUT2D eigenvalue weighted by atomic mass is 10.1. The van der Waals surface area contributed by atoms with Gasteiger partial charge in [-0.2, -0.15) is 0 Å². The van der Waals surface area contributed by atoms with Crippen molar-refractivity contribution in [2.45, 2.75) is 25.8 Å². The molecule has 0 saturated carbocycles. The highest BCUT2D eigenvalue weighted by Crippen LogP contribution is 2.22. The second kappa shape index (κ2) is 13.5. The molecule has 0 radical (unpaired) electrons. The van der Waals surface area contributed by atoms with Gasteiger partial charge in [-0.15, -0.1) is 0 Å². The average Bonchev–Trinajstić information content (AvgIpc) is 2.86. The number of benzene rings is 2. The number of aliphatic imine (C=N–C) groups is 1. The van der Waals surface area contributed by atoms with E-state index in [1.807, 2.05) is 0 Å². The van der Waals surface area contributed by atoms with Crippen molar-refractivity contribution in [3.8, 4) is 0 Å². The summed E-state index contributed by atoms with van der Waals surface area (Å²) in [6.07, 6.45) is 2.72. The monoisotopic (exact) mass is 618 g/mol. The molecule has 0 bridgehead atoms. The number of amides is 1. The standard InChI is InChI=1S/C23H24ClIN10O/c24-19-21(30-13-15-6-10-17(11-7-15)34-35-28)32-20(26)18(31-19)22(36)33-23(27)29-12-2-1-3-14-4-8-16(25)9-5-14/h4-11H,1-3,12-13H2,(H3,26,30,32)(H3,27,29,33,36). The third-order valence-electron chi connectivity index (χ3n) is 4.96. The first-order chi connectivity index (χ1) is 17.4. The maximum atomic E-state index is 12.5. The Hall–Kier alpha value is -3.61. The van der Waals surface area contributed by atoms with E-state index in [-0.39, 0.29) is 28.4 Å². The van der Waals surface area contributed by atoms with E-state index in [1.165, 1.54) is 9.13 Å². The lowest BCUT2D eigenvalue weighted by Crippen LogP contribution is -2.38. The molecule has 6 N–H and O–H groups in total. The lowest BCUT2D eigenvalue weighted by molar-refractivity contribution is 0.0972. The maximum Gasteiger partial charge on any atom is 0.280 e. The molecule has 0 aliphatic carbocycles. The van der Waals surface area contributed by atoms with Gasteiger partial charge in [0.2, 0.25) is 0 Å². The van der Waals surface area contributed by atoms with Crippen molar-refractivity contribution < 1.29 is 4.79 Å². The number of anilines is 2. The normalized spacial score (nSPS) is 11.0. The summed E-state index contributed by atoms with van der Waals surface area (Å²) in [4.78, 5) is 27.7. The quantitative estimate of drug-likeness (QED) is 0.0475. The minimum absolute atomic E-state index is 0.0221. The van der Waals surface area contributed by atoms with Crippen LogP contribution in [0.25, 0.3) is 10.4 Å². The minimum atomic E-state index is -0.651. The third kappa shape index (κ3) is 8.26. The van der Waals surface area contributed by atoms with Crippen molar-refractivity contribution in [2.75, 3.05) is 17.6 Å². The maximum absolute atomic E-state index is 12.5. The first-order valence-electron chi connectivity index (χ1n) is 10.9. The Kier molecular flexibility index (Phi) is 10.1. The van der Waals surface area contributed by atoms with E-state index in [0.29, 0.717) is 18.8 Å². The number of azide groups is 1. The molecule has 0 atom stereocenters. The van der Waals surface area contributed by atoms with Crippen LogP contribution in [0.3, 0.4) is 0 Å². The second-order valence-electron chi connectivity index (χ2n) is 7.61. The molecule has 1 aromatic heterocycles. The number of hydrogen-bond acceptors (Lipinski definition) is 7. The number of carbonyl (C=O) groups excluding carboxylic acids is 1. The van der Waals surface area contributed by atoms with Gasteiger partial charge < -0.3 is 16.8 Å². The van der Waals surface area contributed by atoms with Crippen molar-refractivity contribution in [1.29, 1.82) is 0 Å². The van der Waals surface area contributed by atoms with E-state index in [4.69, 9.17) is 28.6 Å². The highest BCUT2D eigenvalue weighted by atomic mass is 127. The first kappa shape index (κ1) is 27.0. The summed E-state index contributed by atoms with van der Waals surface area (Å²) in [5.41, 5.74) is 22.7. The van der Waals surface area contributed by atoms with Gasteiger partial charge in [0.05, 0.1) is 0 Å². The van der Waals surface area contributed by atoms with Crippen molar-refractivity contribution in [2.24, 2.45) is 15.8 Å². The molecule has 0 aliphatic heterocycles. The molecule has 13 heteroatoms. The molecule has 1 heterocycles. The molecule has 1 amide bonds. The summed E-state index contributed by atoms with van der Waals surface area (Å²) in [6.45, 7) is 0.838. The van der Waals surface area contributed by atoms with Crippen LogP contribution in [-0.2, 0) is 13.0 Å². The Labute approximate surface area is 226 Å². The molecule has 0 spiro atoms. The number of hydrogen-bond donors (Lipinski definition) is 4. The van der Waals surface area contributed by atoms with Gasteiger partial charge in [-0.05, 0) is 70.6 Å². The van der Waals surface area contributed by atoms with Crippen LogP contribution in [0.1, 0.15) is 34.5 Å². The number of unbranched alkanes of at least 4 members (excludes halogenated alkanes) is 1. The summed E-state index contributed by atoms with van der Waals surface area (Å²) in [5, 5.41) is 8.98. The van der Waals surface area contributed by atoms with Crippen molar-refractivity contribution in [3.05, 3.63) is 84.5 Å². The highest BCUT2D eigenvalue weighted by Gasteiger charge is 2.17. The van der Waals surface area contributed by atoms with Crippen LogP contribution in [0.15, 0.2) is 58.6 Å². The van der Waals surface area contributed by atoms with E-state index in [0.717, 1.165) is 24.8 Å². The zero-order valence-corrected chi connectivity index (χ0v) is 22.1. The van der Waals surface area contributed by atoms with Crippen molar-refractivity contribution in [3.63, 3.8) is 0 Å². The van der Waals surface area contributed by atoms with Gasteiger partial charge in [-0.25, -0.2) is 9.97 Å². The van der Waals surface area contributed by atoms with Crippen LogP contribution >= 0.6 is 34.2 Å². The molecule has 11 nitrogen and oxygen atoms in total. The van der Waals surface area contributed by atoms with Crippen LogP contribution in [0.5, 0.6) is 0 Å². The molecule has 3 aromatic rings. The molecule has 36 heavy (non-hydrogen) atoms. The fourth-order valence-electron chi connectivity index (χ4n) is 3.13. The molecular weight excluding hydrogens is 595 g/mol. The Morgan fingerprint density at radius 3 is 2.47 bits per heavy atom. The fourth-order valence-corrected chi connectivity index (χ4v) is 3.69. The molecule has 0 unspecified atom stereocenters. The van der Waals surface area contributed by atoms with E-state index in [2.05, 4.69) is 82.5 Å². The van der Waals surface area contributed by atoms with Gasteiger partial charge in [0.1, 0.15) is 0 Å². The van der Waals surface area contributed by atoms with Gasteiger partial charge in [0, 0.05) is 27.3 Å². The number of aromatic nitrogens is 2. The highest BCUT2D eigenvalue weighted by molar-refractivity contribution is 14.1. The fraction of sp³-hybridized carbons (Fsp3) is 0.217. The molecule has 0 saturated heterocycles. The zero-order valence-electron chi connectivity index (χ0n) is 19.2. The van der Waals surface area contributed by atoms with E-state index in [1.54, 1.807) is 24.3 Å². The summed E-state index contributed by atoms with van der Waals surface area (Å²) in [7, 11) is 0. The number of nitrogens with two attached hydrogens (primary N) is 2. The topological polar surface area (TPSA) is 180 Å². The van der Waals surface area contributed by atoms with Crippen LogP contribution in [0, 0.1) is 3.57 Å². The lowest BCUT2D eigenvalue weighted by Gasteiger charge is -2.11. The minimum Gasteiger partial charge on any atom is -0.382 e. The van der Waals surface area contributed by atoms with Crippen LogP contribution in [0.2, 0.25) is 5.15 Å². The summed E-state index contributed by atoms with van der Waals surface area (Å²) in [5.74, 6) is -0.566. The molecule has 3 rings (SSSR count). The predicted octanol–water partition coefficient (Wildman–Crippen LogP) is 4.94. The van der Waals surface area contributed by atoms with Crippen LogP contribution < -0.4 is 22.1 Å². The number of halogens is 2. The van der Waals surface area contributed by atoms with E-state index in [9.17, 15) is 4.79 Å². The van der Waals surface area contributed by atoms with Crippen molar-refractivity contribution >= 4 is 63.4 Å². The van der Waals surface area contributed by atoms with Gasteiger partial charge >= 0.3 is 0 Å². The predicted molar refractivity (Wildman–Crippen MR) is 150 cm³/mol. The number of rotatable bonds is 10. The molecule has 0 aliphatic rings. The molecule has 2 aromatic carbocycles. The number of carbonyl (C=O) groups is 1. The van der Waals surface area contributed by atoms with E-state index >= 15 is 0 Å². The molecular formula is C23H24ClIN10O. The number of nitrogen functional groups attached to an aromatic ring is 1. The van der Waals surface area contributed by atoms with Gasteiger partial charge in [-0.3, -0.25) is 15.1 Å². The smallest absolute Gasteiger partial charge is 0.280 e. The third-order valence-corrected chi connectivity index (χ3v) is 5.95. The Balaban J connectivity index is 1.50. The van der Waals surface area contributed by atoms with Gasteiger partial charge in [-0.1, -0.05) is 53.1 Å². The first-order valence-corrected chi connectivity index (χ1v) is 12.4. The Bertz CT molecular complexity index is 1280. The largest absolute Gasteiger partial charge is 0.382 e. The van der Waals surface area contributed by atoms with Gasteiger partial charge in [0.15, 0.2) is 28.4 Å². The number of nitrogens with one attached hydrogen (secondary N) is 2. The Morgan fingerprint density at radius 1 is 1.08 bits per heavy atom. The van der Waals surface area contributed by atoms with Crippen LogP contribution in [-0.4, -0.2) is 28.4 Å². The average molecular weight is 619 g/mol. The number of nitrogens with zero attached hydrogens (tertiary/aromatic N) is 6. The zero-order chi connectivity index (χ0) is 25.9. The summed E-state index contributed by atoms with van der Waals surface area (Å²) in [6, 6.07) is 15.3. The summed E-state index contributed by atoms with van der Waals surface area (Å²) < 4.78 is 1.21. The second-order valence-corrected chi connectivity index (χ2v) is 9.21. The van der Waals surface area contributed by atoms with Gasteiger partial charge in [0.25, 0.3) is 5.91 Å². The summed E-state index contributed by atoms with van der Waals surface area (Å²) >= 11 is 8.48. The van der Waals surface area contributed by atoms with Crippen LogP contribution in [0.4, 0.5) is 17.3 Å².